The summed E-state index contributed by atoms with van der Waals surface area (Å²) in [4.78, 5) is 0. The van der Waals surface area contributed by atoms with Crippen molar-refractivity contribution in [1.29, 1.82) is 0 Å². The van der Waals surface area contributed by atoms with Crippen molar-refractivity contribution in [1.82, 2.24) is 0 Å². The van der Waals surface area contributed by atoms with Gasteiger partial charge in [-0.25, -0.2) is 4.39 Å². The number of hydrogen-bond donors (Lipinski definition) is 1. The van der Waals surface area contributed by atoms with Gasteiger partial charge in [-0.2, -0.15) is 0 Å². The van der Waals surface area contributed by atoms with E-state index in [4.69, 9.17) is 4.74 Å². The van der Waals surface area contributed by atoms with Crippen LogP contribution in [0.4, 0.5) is 10.1 Å². The summed E-state index contributed by atoms with van der Waals surface area (Å²) < 4.78 is 20.7. The van der Waals surface area contributed by atoms with Gasteiger partial charge < -0.3 is 10.1 Å². The minimum atomic E-state index is -0.250. The highest BCUT2D eigenvalue weighted by atomic mass is 79.9. The van der Waals surface area contributed by atoms with Crippen molar-refractivity contribution in [3.05, 3.63) is 93.7 Å². The smallest absolute Gasteiger partial charge is 0.129 e. The van der Waals surface area contributed by atoms with Gasteiger partial charge in [-0.3, -0.25) is 0 Å². The molecule has 0 unspecified atom stereocenters. The average molecular weight is 414 g/mol. The summed E-state index contributed by atoms with van der Waals surface area (Å²) in [5.41, 5.74) is 3.92. The molecule has 0 saturated heterocycles. The Bertz CT molecular complexity index is 864. The minimum Gasteiger partial charge on any atom is -0.488 e. The third kappa shape index (κ3) is 4.85. The maximum absolute atomic E-state index is 13.8. The van der Waals surface area contributed by atoms with Crippen LogP contribution in [0.3, 0.4) is 0 Å². The van der Waals surface area contributed by atoms with Gasteiger partial charge in [-0.05, 0) is 48.4 Å². The predicted octanol–water partition coefficient (Wildman–Crippen LogP) is 6.34. The standard InChI is InChI=1S/C22H21BrFNO/c1-2-16-7-10-20(11-8-16)25-14-18-13-19(23)9-12-22(18)26-15-17-5-3-4-6-21(17)24/h3-13,25H,2,14-15H2,1H3. The van der Waals surface area contributed by atoms with Crippen LogP contribution in [0.15, 0.2) is 71.2 Å². The Labute approximate surface area is 162 Å². The van der Waals surface area contributed by atoms with E-state index in [1.165, 1.54) is 11.6 Å². The third-order valence-electron chi connectivity index (χ3n) is 4.21. The first-order chi connectivity index (χ1) is 12.7. The van der Waals surface area contributed by atoms with Gasteiger partial charge in [0.05, 0.1) is 0 Å². The molecular formula is C22H21BrFNO. The van der Waals surface area contributed by atoms with E-state index in [-0.39, 0.29) is 12.4 Å². The number of nitrogens with one attached hydrogen (secondary N) is 1. The van der Waals surface area contributed by atoms with E-state index < -0.39 is 0 Å². The number of ether oxygens (including phenoxy) is 1. The molecule has 26 heavy (non-hydrogen) atoms. The Balaban J connectivity index is 1.70. The van der Waals surface area contributed by atoms with Crippen LogP contribution in [0.1, 0.15) is 23.6 Å². The minimum absolute atomic E-state index is 0.201. The van der Waals surface area contributed by atoms with Crippen LogP contribution in [-0.2, 0) is 19.6 Å². The summed E-state index contributed by atoms with van der Waals surface area (Å²) in [5, 5.41) is 3.41. The van der Waals surface area contributed by atoms with Crippen LogP contribution in [-0.4, -0.2) is 0 Å². The van der Waals surface area contributed by atoms with Gasteiger partial charge in [-0.1, -0.05) is 53.2 Å². The largest absolute Gasteiger partial charge is 0.488 e. The number of aryl methyl sites for hydroxylation is 1. The first kappa shape index (κ1) is 18.5. The highest BCUT2D eigenvalue weighted by Gasteiger charge is 2.07. The van der Waals surface area contributed by atoms with Gasteiger partial charge in [0.25, 0.3) is 0 Å². The lowest BCUT2D eigenvalue weighted by Gasteiger charge is -2.14. The zero-order valence-corrected chi connectivity index (χ0v) is 16.2. The van der Waals surface area contributed by atoms with Crippen LogP contribution in [0, 0.1) is 5.82 Å². The van der Waals surface area contributed by atoms with Crippen LogP contribution >= 0.6 is 15.9 Å². The van der Waals surface area contributed by atoms with E-state index in [1.807, 2.05) is 24.3 Å². The summed E-state index contributed by atoms with van der Waals surface area (Å²) in [6.07, 6.45) is 1.03. The number of anilines is 1. The normalized spacial score (nSPS) is 10.6. The summed E-state index contributed by atoms with van der Waals surface area (Å²) >= 11 is 3.51. The van der Waals surface area contributed by atoms with Crippen molar-refractivity contribution in [2.24, 2.45) is 0 Å². The molecule has 2 nitrogen and oxygen atoms in total. The molecule has 1 N–H and O–H groups in total. The fourth-order valence-electron chi connectivity index (χ4n) is 2.65. The predicted molar refractivity (Wildman–Crippen MR) is 108 cm³/mol. The molecule has 0 heterocycles. The van der Waals surface area contributed by atoms with E-state index in [0.29, 0.717) is 12.1 Å². The molecule has 0 aliphatic heterocycles. The molecule has 0 bridgehead atoms. The Morgan fingerprint density at radius 2 is 1.73 bits per heavy atom. The fourth-order valence-corrected chi connectivity index (χ4v) is 3.06. The van der Waals surface area contributed by atoms with Gasteiger partial charge in [-0.15, -0.1) is 0 Å². The van der Waals surface area contributed by atoms with Gasteiger partial charge >= 0.3 is 0 Å². The molecule has 3 rings (SSSR count). The number of benzene rings is 3. The van der Waals surface area contributed by atoms with Gasteiger partial charge in [0, 0.05) is 27.8 Å². The molecule has 0 spiro atoms. The fraction of sp³-hybridized carbons (Fsp3) is 0.182. The second-order valence-electron chi connectivity index (χ2n) is 6.04. The van der Waals surface area contributed by atoms with Crippen LogP contribution < -0.4 is 10.1 Å². The molecule has 0 saturated carbocycles. The van der Waals surface area contributed by atoms with Crippen LogP contribution in [0.5, 0.6) is 5.75 Å². The highest BCUT2D eigenvalue weighted by Crippen LogP contribution is 2.25. The maximum Gasteiger partial charge on any atom is 0.129 e. The molecule has 3 aromatic carbocycles. The van der Waals surface area contributed by atoms with Crippen molar-refractivity contribution < 1.29 is 9.13 Å². The molecule has 0 aromatic heterocycles. The number of rotatable bonds is 7. The van der Waals surface area contributed by atoms with Crippen molar-refractivity contribution in [3.8, 4) is 5.75 Å². The monoisotopic (exact) mass is 413 g/mol. The van der Waals surface area contributed by atoms with Gasteiger partial charge in [0.15, 0.2) is 0 Å². The summed E-state index contributed by atoms with van der Waals surface area (Å²) in [5.74, 6) is 0.495. The van der Waals surface area contributed by atoms with Crippen LogP contribution in [0.2, 0.25) is 0 Å². The molecule has 4 heteroatoms. The lowest BCUT2D eigenvalue weighted by atomic mass is 10.1. The van der Waals surface area contributed by atoms with Crippen molar-refractivity contribution in [2.45, 2.75) is 26.5 Å². The van der Waals surface area contributed by atoms with Crippen molar-refractivity contribution in [3.63, 3.8) is 0 Å². The summed E-state index contributed by atoms with van der Waals surface area (Å²) in [6, 6.07) is 20.9. The van der Waals surface area contributed by atoms with E-state index >= 15 is 0 Å². The van der Waals surface area contributed by atoms with Gasteiger partial charge in [0.2, 0.25) is 0 Å². The Morgan fingerprint density at radius 3 is 2.46 bits per heavy atom. The van der Waals surface area contributed by atoms with Crippen molar-refractivity contribution in [2.75, 3.05) is 5.32 Å². The van der Waals surface area contributed by atoms with Crippen LogP contribution in [0.25, 0.3) is 0 Å². The zero-order valence-electron chi connectivity index (χ0n) is 14.6. The van der Waals surface area contributed by atoms with E-state index in [0.717, 1.165) is 27.9 Å². The summed E-state index contributed by atoms with van der Waals surface area (Å²) in [6.45, 7) is 2.97. The topological polar surface area (TPSA) is 21.3 Å². The van der Waals surface area contributed by atoms with Crippen molar-refractivity contribution >= 4 is 21.6 Å². The maximum atomic E-state index is 13.8. The quantitative estimate of drug-likeness (QED) is 0.487. The Kier molecular flexibility index (Phi) is 6.29. The lowest BCUT2D eigenvalue weighted by molar-refractivity contribution is 0.297. The molecule has 0 fully saturated rings. The van der Waals surface area contributed by atoms with E-state index in [2.05, 4.69) is 52.4 Å². The summed E-state index contributed by atoms with van der Waals surface area (Å²) in [7, 11) is 0. The lowest BCUT2D eigenvalue weighted by Crippen LogP contribution is -2.04. The average Bonchev–Trinajstić information content (AvgIpc) is 2.67. The Hall–Kier alpha value is -2.33. The second kappa shape index (κ2) is 8.86. The van der Waals surface area contributed by atoms with Gasteiger partial charge in [0.1, 0.15) is 18.2 Å². The van der Waals surface area contributed by atoms with E-state index in [9.17, 15) is 4.39 Å². The molecule has 134 valence electrons. The number of halogens is 2. The second-order valence-corrected chi connectivity index (χ2v) is 6.95. The molecule has 0 aliphatic rings. The Morgan fingerprint density at radius 1 is 0.962 bits per heavy atom. The number of hydrogen-bond acceptors (Lipinski definition) is 2. The van der Waals surface area contributed by atoms with E-state index in [1.54, 1.807) is 12.1 Å². The SMILES string of the molecule is CCc1ccc(NCc2cc(Br)ccc2OCc2ccccc2F)cc1. The third-order valence-corrected chi connectivity index (χ3v) is 4.70. The molecule has 3 aromatic rings. The first-order valence-corrected chi connectivity index (χ1v) is 9.42. The first-order valence-electron chi connectivity index (χ1n) is 8.63. The highest BCUT2D eigenvalue weighted by molar-refractivity contribution is 9.10. The zero-order chi connectivity index (χ0) is 18.4. The molecule has 0 atom stereocenters. The molecule has 0 amide bonds. The molecule has 0 radical (unpaired) electrons. The molecule has 0 aliphatic carbocycles. The molecular weight excluding hydrogens is 393 g/mol.